The van der Waals surface area contributed by atoms with Gasteiger partial charge in [0, 0.05) is 31.0 Å². The molecule has 1 N–H and O–H groups in total. The minimum atomic E-state index is -0.696. The van der Waals surface area contributed by atoms with Crippen LogP contribution in [0.25, 0.3) is 11.3 Å². The van der Waals surface area contributed by atoms with Crippen LogP contribution in [0.3, 0.4) is 0 Å². The summed E-state index contributed by atoms with van der Waals surface area (Å²) >= 11 is 0. The molecule has 3 aromatic rings. The molecule has 8 heteroatoms. The summed E-state index contributed by atoms with van der Waals surface area (Å²) in [6.07, 6.45) is 1.88. The number of aromatic nitrogens is 2. The summed E-state index contributed by atoms with van der Waals surface area (Å²) in [6, 6.07) is 8.91. The third-order valence-electron chi connectivity index (χ3n) is 5.59. The highest BCUT2D eigenvalue weighted by molar-refractivity contribution is 5.90. The van der Waals surface area contributed by atoms with Gasteiger partial charge in [0.2, 0.25) is 5.91 Å². The molecule has 162 valence electrons. The average Bonchev–Trinajstić information content (AvgIpc) is 3.46. The van der Waals surface area contributed by atoms with E-state index in [2.05, 4.69) is 10.1 Å². The van der Waals surface area contributed by atoms with Crippen molar-refractivity contribution in [3.05, 3.63) is 59.4 Å². The van der Waals surface area contributed by atoms with Gasteiger partial charge >= 0.3 is 0 Å². The van der Waals surface area contributed by atoms with Crippen molar-refractivity contribution in [3.63, 3.8) is 0 Å². The molecule has 0 unspecified atom stereocenters. The predicted molar refractivity (Wildman–Crippen MR) is 111 cm³/mol. The molecule has 1 aliphatic heterocycles. The van der Waals surface area contributed by atoms with Crippen LogP contribution in [0.5, 0.6) is 0 Å². The van der Waals surface area contributed by atoms with Crippen molar-refractivity contribution in [3.8, 4) is 11.3 Å². The van der Waals surface area contributed by atoms with Gasteiger partial charge in [0.25, 0.3) is 0 Å². The molecule has 0 radical (unpaired) electrons. The number of β-amino-alcohol motifs (C(OH)–C–C–N with tert-alkyl or cyclic N) is 1. The summed E-state index contributed by atoms with van der Waals surface area (Å²) in [7, 11) is 0. The summed E-state index contributed by atoms with van der Waals surface area (Å²) in [5, 5.41) is 13.9. The van der Waals surface area contributed by atoms with Gasteiger partial charge < -0.3 is 18.9 Å². The number of hydrogen-bond acceptors (Lipinski definition) is 7. The summed E-state index contributed by atoms with van der Waals surface area (Å²) in [5.74, 6) is 0.905. The number of benzene rings is 1. The lowest BCUT2D eigenvalue weighted by atomic mass is 10.00. The van der Waals surface area contributed by atoms with Crippen LogP contribution in [0.2, 0.25) is 0 Å². The molecule has 4 rings (SSSR count). The maximum atomic E-state index is 12.9. The maximum absolute atomic E-state index is 12.9. The van der Waals surface area contributed by atoms with Crippen LogP contribution < -0.4 is 0 Å². The number of aryl methyl sites for hydroxylation is 3. The Morgan fingerprint density at radius 3 is 2.65 bits per heavy atom. The van der Waals surface area contributed by atoms with Gasteiger partial charge in [0.15, 0.2) is 17.9 Å². The van der Waals surface area contributed by atoms with E-state index in [-0.39, 0.29) is 31.1 Å². The second kappa shape index (κ2) is 8.85. The Bertz CT molecular complexity index is 1070. The third-order valence-corrected chi connectivity index (χ3v) is 5.59. The van der Waals surface area contributed by atoms with Crippen molar-refractivity contribution in [1.82, 2.24) is 15.0 Å². The molecule has 31 heavy (non-hydrogen) atoms. The molecule has 2 aromatic heterocycles. The fourth-order valence-electron chi connectivity index (χ4n) is 3.98. The summed E-state index contributed by atoms with van der Waals surface area (Å²) in [5.41, 5.74) is 3.47. The van der Waals surface area contributed by atoms with E-state index in [1.54, 1.807) is 13.0 Å². The van der Waals surface area contributed by atoms with Crippen molar-refractivity contribution < 1.29 is 23.6 Å². The number of Topliss-reactive ketones (excluding diaryl/α,β-unsaturated/α-hetero) is 1. The molecular formula is C23H25N3O5. The molecule has 1 saturated heterocycles. The van der Waals surface area contributed by atoms with Crippen LogP contribution in [0, 0.1) is 13.8 Å². The van der Waals surface area contributed by atoms with Crippen LogP contribution in [-0.2, 0) is 22.4 Å². The molecule has 1 amide bonds. The predicted octanol–water partition coefficient (Wildman–Crippen LogP) is 2.65. The number of aliphatic hydroxyl groups is 1. The van der Waals surface area contributed by atoms with Gasteiger partial charge in [0.1, 0.15) is 5.76 Å². The Hall–Kier alpha value is -3.26. The van der Waals surface area contributed by atoms with Crippen LogP contribution in [-0.4, -0.2) is 50.5 Å². The zero-order valence-electron chi connectivity index (χ0n) is 17.6. The highest BCUT2D eigenvalue weighted by atomic mass is 16.5. The zero-order valence-corrected chi connectivity index (χ0v) is 17.6. The lowest BCUT2D eigenvalue weighted by Crippen LogP contribution is -2.41. The normalized spacial score (nSPS) is 18.5. The van der Waals surface area contributed by atoms with Crippen LogP contribution in [0.15, 0.2) is 45.7 Å². The van der Waals surface area contributed by atoms with Crippen LogP contribution in [0.4, 0.5) is 0 Å². The molecular weight excluding hydrogens is 398 g/mol. The second-order valence-corrected chi connectivity index (χ2v) is 7.99. The molecule has 0 bridgehead atoms. The first-order chi connectivity index (χ1) is 14.9. The number of nitrogens with zero attached hydrogens (tertiary/aromatic N) is 3. The monoisotopic (exact) mass is 423 g/mol. The summed E-state index contributed by atoms with van der Waals surface area (Å²) < 4.78 is 10.5. The fraction of sp³-hybridized carbons (Fsp3) is 0.391. The molecule has 8 nitrogen and oxygen atoms in total. The number of likely N-dealkylation sites (tertiary alicyclic amines) is 1. The molecule has 1 aromatic carbocycles. The SMILES string of the molecule is Cc1cc(CC(=O)N2C[C@H](O)C[C@H]2C(=O)CCc2ccc(-c3ocnc3C)cc2)on1. The van der Waals surface area contributed by atoms with E-state index in [1.807, 2.05) is 31.2 Å². The van der Waals surface area contributed by atoms with Crippen molar-refractivity contribution >= 4 is 11.7 Å². The topological polar surface area (TPSA) is 110 Å². The number of carbonyl (C=O) groups is 2. The summed E-state index contributed by atoms with van der Waals surface area (Å²) in [6.45, 7) is 3.83. The number of carbonyl (C=O) groups excluding carboxylic acids is 2. The smallest absolute Gasteiger partial charge is 0.231 e. The first-order valence-electron chi connectivity index (χ1n) is 10.3. The average molecular weight is 423 g/mol. The van der Waals surface area contributed by atoms with Crippen molar-refractivity contribution in [2.75, 3.05) is 6.54 Å². The Kier molecular flexibility index (Phi) is 5.99. The highest BCUT2D eigenvalue weighted by Crippen LogP contribution is 2.24. The number of hydrogen-bond donors (Lipinski definition) is 1. The lowest BCUT2D eigenvalue weighted by molar-refractivity contribution is -0.137. The van der Waals surface area contributed by atoms with Crippen molar-refractivity contribution in [2.45, 2.75) is 51.7 Å². The minimum absolute atomic E-state index is 0.0276. The largest absolute Gasteiger partial charge is 0.443 e. The maximum Gasteiger partial charge on any atom is 0.231 e. The van der Waals surface area contributed by atoms with Crippen molar-refractivity contribution in [1.29, 1.82) is 0 Å². The molecule has 0 spiro atoms. The molecule has 1 aliphatic rings. The lowest BCUT2D eigenvalue weighted by Gasteiger charge is -2.23. The Balaban J connectivity index is 1.36. The number of amides is 1. The van der Waals surface area contributed by atoms with Gasteiger partial charge in [0.05, 0.1) is 30.0 Å². The zero-order chi connectivity index (χ0) is 22.0. The fourth-order valence-corrected chi connectivity index (χ4v) is 3.98. The highest BCUT2D eigenvalue weighted by Gasteiger charge is 2.38. The number of rotatable bonds is 7. The van der Waals surface area contributed by atoms with E-state index in [0.29, 0.717) is 24.3 Å². The van der Waals surface area contributed by atoms with Gasteiger partial charge in [-0.3, -0.25) is 9.59 Å². The van der Waals surface area contributed by atoms with Gasteiger partial charge in [-0.05, 0) is 25.8 Å². The van der Waals surface area contributed by atoms with Gasteiger partial charge in [-0.2, -0.15) is 0 Å². The van der Waals surface area contributed by atoms with E-state index in [4.69, 9.17) is 8.94 Å². The summed E-state index contributed by atoms with van der Waals surface area (Å²) in [4.78, 5) is 31.1. The van der Waals surface area contributed by atoms with Crippen molar-refractivity contribution in [2.24, 2.45) is 0 Å². The van der Waals surface area contributed by atoms with Gasteiger partial charge in [-0.15, -0.1) is 0 Å². The number of oxazole rings is 1. The van der Waals surface area contributed by atoms with E-state index >= 15 is 0 Å². The van der Waals surface area contributed by atoms with E-state index in [0.717, 1.165) is 22.6 Å². The molecule has 0 saturated carbocycles. The molecule has 1 fully saturated rings. The van der Waals surface area contributed by atoms with Gasteiger partial charge in [-0.1, -0.05) is 29.4 Å². The van der Waals surface area contributed by atoms with Crippen LogP contribution >= 0.6 is 0 Å². The van der Waals surface area contributed by atoms with E-state index in [1.165, 1.54) is 11.3 Å². The van der Waals surface area contributed by atoms with Gasteiger partial charge in [-0.25, -0.2) is 4.98 Å². The third kappa shape index (κ3) is 4.74. The Morgan fingerprint density at radius 2 is 2.00 bits per heavy atom. The first kappa shape index (κ1) is 21.0. The number of ketones is 1. The standard InChI is InChI=1S/C23H25N3O5/c1-14-9-19(31-25-14)11-22(29)26-12-18(27)10-20(26)21(28)8-5-16-3-6-17(7-4-16)23-15(2)24-13-30-23/h3-4,6-7,9,13,18,20,27H,5,8,10-12H2,1-2H3/t18-,20+/m1/s1. The molecule has 2 atom stereocenters. The second-order valence-electron chi connectivity index (χ2n) is 7.99. The quantitative estimate of drug-likeness (QED) is 0.622. The number of aliphatic hydroxyl groups excluding tert-OH is 1. The first-order valence-corrected chi connectivity index (χ1v) is 10.3. The minimum Gasteiger partial charge on any atom is -0.443 e. The van der Waals surface area contributed by atoms with E-state index < -0.39 is 12.1 Å². The van der Waals surface area contributed by atoms with Crippen LogP contribution in [0.1, 0.15) is 35.6 Å². The molecule has 0 aliphatic carbocycles. The Morgan fingerprint density at radius 1 is 1.23 bits per heavy atom. The van der Waals surface area contributed by atoms with E-state index in [9.17, 15) is 14.7 Å². The molecule has 3 heterocycles. The Labute approximate surface area is 179 Å².